The van der Waals surface area contributed by atoms with Crippen molar-refractivity contribution in [1.82, 2.24) is 5.32 Å². The lowest BCUT2D eigenvalue weighted by atomic mass is 9.48. The van der Waals surface area contributed by atoms with Gasteiger partial charge in [0.05, 0.1) is 12.0 Å². The highest BCUT2D eigenvalue weighted by atomic mass is 19.1. The zero-order valence-corrected chi connectivity index (χ0v) is 23.1. The van der Waals surface area contributed by atoms with Gasteiger partial charge < -0.3 is 10.4 Å². The predicted octanol–water partition coefficient (Wildman–Crippen LogP) is 7.37. The summed E-state index contributed by atoms with van der Waals surface area (Å²) in [6.07, 6.45) is 11.5. The molecule has 0 spiro atoms. The highest BCUT2D eigenvalue weighted by Crippen LogP contribution is 2.65. The minimum Gasteiger partial charge on any atom is -0.478 e. The smallest absolute Gasteiger partial charge is 0.332 e. The number of rotatable bonds is 5. The van der Waals surface area contributed by atoms with E-state index in [0.717, 1.165) is 18.4 Å². The zero-order valence-electron chi connectivity index (χ0n) is 23.1. The summed E-state index contributed by atoms with van der Waals surface area (Å²) >= 11 is 0. The van der Waals surface area contributed by atoms with E-state index in [0.29, 0.717) is 40.7 Å². The number of halogens is 2. The molecule has 2 aromatic carbocycles. The molecule has 0 bridgehead atoms. The first-order chi connectivity index (χ1) is 19.1. The molecule has 6 atom stereocenters. The molecule has 0 aromatic heterocycles. The molecule has 0 aliphatic heterocycles. The second-order valence-corrected chi connectivity index (χ2v) is 13.0. The lowest BCUT2D eigenvalue weighted by molar-refractivity contribution is -0.137. The average molecular weight is 546 g/mol. The van der Waals surface area contributed by atoms with Crippen LogP contribution < -0.4 is 5.32 Å². The van der Waals surface area contributed by atoms with E-state index in [-0.39, 0.29) is 16.9 Å². The maximum atomic E-state index is 14.0. The minimum atomic E-state index is -1.09. The Hall–Kier alpha value is -3.28. The Labute approximate surface area is 234 Å². The first-order valence-electron chi connectivity index (χ1n) is 14.6. The lowest BCUT2D eigenvalue weighted by Crippen LogP contribution is -2.50. The molecule has 40 heavy (non-hydrogen) atoms. The van der Waals surface area contributed by atoms with E-state index in [1.807, 2.05) is 0 Å². The summed E-state index contributed by atoms with van der Waals surface area (Å²) in [5.74, 6) is -1.45. The van der Waals surface area contributed by atoms with Crippen LogP contribution >= 0.6 is 0 Å². The van der Waals surface area contributed by atoms with Crippen LogP contribution in [0.3, 0.4) is 0 Å². The molecule has 2 aromatic rings. The summed E-state index contributed by atoms with van der Waals surface area (Å²) in [6, 6.07) is 11.0. The Bertz CT molecular complexity index is 1340. The number of fused-ring (bicyclic) bond motifs is 5. The van der Waals surface area contributed by atoms with Crippen molar-refractivity contribution in [2.45, 2.75) is 64.8 Å². The Morgan fingerprint density at radius 3 is 2.15 bits per heavy atom. The molecule has 4 aliphatic rings. The van der Waals surface area contributed by atoms with E-state index in [1.54, 1.807) is 30.3 Å². The second kappa shape index (κ2) is 9.97. The second-order valence-electron chi connectivity index (χ2n) is 13.0. The average Bonchev–Trinajstić information content (AvgIpc) is 3.33. The van der Waals surface area contributed by atoms with Gasteiger partial charge in [-0.15, -0.1) is 0 Å². The first-order valence-corrected chi connectivity index (χ1v) is 14.6. The van der Waals surface area contributed by atoms with Crippen LogP contribution in [0.25, 0.3) is 0 Å². The van der Waals surface area contributed by atoms with Gasteiger partial charge in [-0.05, 0) is 114 Å². The van der Waals surface area contributed by atoms with Gasteiger partial charge in [0.15, 0.2) is 0 Å². The number of hydrogen-bond acceptors (Lipinski definition) is 2. The number of carbonyl (C=O) groups is 2. The van der Waals surface area contributed by atoms with Crippen molar-refractivity contribution in [1.29, 1.82) is 0 Å². The largest absolute Gasteiger partial charge is 0.478 e. The summed E-state index contributed by atoms with van der Waals surface area (Å²) in [4.78, 5) is 26.5. The van der Waals surface area contributed by atoms with E-state index < -0.39 is 29.6 Å². The quantitative estimate of drug-likeness (QED) is 0.412. The molecule has 0 radical (unpaired) electrons. The Morgan fingerprint density at radius 2 is 1.55 bits per heavy atom. The number of nitrogens with one attached hydrogen (secondary N) is 1. The Kier molecular flexibility index (Phi) is 6.71. The topological polar surface area (TPSA) is 66.4 Å². The van der Waals surface area contributed by atoms with Gasteiger partial charge in [-0.2, -0.15) is 0 Å². The number of allylic oxidation sites excluding steroid dienone is 3. The Balaban J connectivity index is 1.34. The van der Waals surface area contributed by atoms with Crippen molar-refractivity contribution < 1.29 is 23.5 Å². The van der Waals surface area contributed by atoms with Crippen LogP contribution in [-0.2, 0) is 9.59 Å². The van der Waals surface area contributed by atoms with Crippen LogP contribution in [0.4, 0.5) is 8.78 Å². The summed E-state index contributed by atoms with van der Waals surface area (Å²) < 4.78 is 27.4. The molecule has 210 valence electrons. The summed E-state index contributed by atoms with van der Waals surface area (Å²) in [5, 5.41) is 13.3. The minimum absolute atomic E-state index is 0.109. The van der Waals surface area contributed by atoms with Gasteiger partial charge in [0.25, 0.3) is 0 Å². The normalized spacial score (nSPS) is 32.8. The van der Waals surface area contributed by atoms with Crippen LogP contribution in [0.2, 0.25) is 0 Å². The van der Waals surface area contributed by atoms with Crippen molar-refractivity contribution in [3.63, 3.8) is 0 Å². The van der Waals surface area contributed by atoms with Crippen LogP contribution in [0.5, 0.6) is 0 Å². The van der Waals surface area contributed by atoms with Gasteiger partial charge in [-0.1, -0.05) is 50.6 Å². The molecule has 2 saturated carbocycles. The predicted molar refractivity (Wildman–Crippen MR) is 149 cm³/mol. The highest BCUT2D eigenvalue weighted by Gasteiger charge is 2.57. The van der Waals surface area contributed by atoms with Crippen molar-refractivity contribution in [3.8, 4) is 0 Å². The molecule has 2 fully saturated rings. The van der Waals surface area contributed by atoms with Crippen molar-refractivity contribution in [2.24, 2.45) is 34.5 Å². The summed E-state index contributed by atoms with van der Waals surface area (Å²) in [6.45, 7) is 4.69. The van der Waals surface area contributed by atoms with Crippen LogP contribution in [0.15, 0.2) is 71.8 Å². The number of aliphatic carboxylic acids is 1. The molecular weight excluding hydrogens is 508 g/mol. The van der Waals surface area contributed by atoms with E-state index >= 15 is 0 Å². The van der Waals surface area contributed by atoms with Crippen LogP contribution in [0, 0.1) is 46.1 Å². The third kappa shape index (κ3) is 4.49. The molecular formula is C34H37F2NO3. The standard InChI is InChI=1S/C34H37F2NO3/c1-33-16-3-4-28(33)25-14-9-22-18-26(32(39)40)27(19-34(22,2)29(25)15-17-33)31(38)37-30(20-5-10-23(35)11-6-20)21-7-12-24(36)13-8-21/h5-13,18,25,27-30H,3-4,14-17,19H2,1-2H3,(H,37,38)(H,39,40)/t25-,27?,28-,29-,33-,34-/m0/s1. The van der Waals surface area contributed by atoms with Crippen LogP contribution in [-0.4, -0.2) is 17.0 Å². The van der Waals surface area contributed by atoms with Crippen molar-refractivity contribution in [2.75, 3.05) is 0 Å². The third-order valence-electron chi connectivity index (χ3n) is 10.9. The van der Waals surface area contributed by atoms with Gasteiger partial charge in [0.1, 0.15) is 11.6 Å². The molecule has 0 saturated heterocycles. The van der Waals surface area contributed by atoms with Crippen molar-refractivity contribution >= 4 is 11.9 Å². The maximum absolute atomic E-state index is 14.0. The van der Waals surface area contributed by atoms with Gasteiger partial charge >= 0.3 is 5.97 Å². The lowest BCUT2D eigenvalue weighted by Gasteiger charge is -2.56. The highest BCUT2D eigenvalue weighted by molar-refractivity contribution is 5.97. The zero-order chi connectivity index (χ0) is 28.2. The number of carboxylic acids is 1. The van der Waals surface area contributed by atoms with Gasteiger partial charge in [0, 0.05) is 5.57 Å². The summed E-state index contributed by atoms with van der Waals surface area (Å²) in [7, 11) is 0. The fraction of sp³-hybridized carbons (Fsp3) is 0.471. The third-order valence-corrected chi connectivity index (χ3v) is 10.9. The molecule has 1 unspecified atom stereocenters. The molecule has 4 nitrogen and oxygen atoms in total. The molecule has 2 N–H and O–H groups in total. The number of carboxylic acid groups (broad SMARTS) is 1. The monoisotopic (exact) mass is 545 g/mol. The summed E-state index contributed by atoms with van der Waals surface area (Å²) in [5.41, 5.74) is 2.55. The SMILES string of the molecule is C[C@@]12CCC[C@H]1[C@@H]1CC=C3C=C(C(=O)O)C(C(=O)NC(c4ccc(F)cc4)c4ccc(F)cc4)C[C@]3(C)[C@H]1CC2. The molecule has 1 amide bonds. The first kappa shape index (κ1) is 26.9. The van der Waals surface area contributed by atoms with E-state index in [9.17, 15) is 23.5 Å². The van der Waals surface area contributed by atoms with E-state index in [4.69, 9.17) is 0 Å². The van der Waals surface area contributed by atoms with Crippen LogP contribution in [0.1, 0.15) is 76.0 Å². The fourth-order valence-electron chi connectivity index (χ4n) is 8.76. The Morgan fingerprint density at radius 1 is 0.925 bits per heavy atom. The molecule has 0 heterocycles. The fourth-order valence-corrected chi connectivity index (χ4v) is 8.76. The van der Waals surface area contributed by atoms with Gasteiger partial charge in [0.2, 0.25) is 5.91 Å². The number of carbonyl (C=O) groups excluding carboxylic acids is 1. The number of amides is 1. The number of benzene rings is 2. The van der Waals surface area contributed by atoms with Crippen molar-refractivity contribution in [3.05, 3.63) is 94.6 Å². The molecule has 6 rings (SSSR count). The maximum Gasteiger partial charge on any atom is 0.332 e. The number of hydrogen-bond donors (Lipinski definition) is 2. The molecule has 4 aliphatic carbocycles. The van der Waals surface area contributed by atoms with E-state index in [2.05, 4.69) is 25.2 Å². The van der Waals surface area contributed by atoms with Gasteiger partial charge in [-0.3, -0.25) is 4.79 Å². The van der Waals surface area contributed by atoms with E-state index in [1.165, 1.54) is 49.9 Å². The van der Waals surface area contributed by atoms with Gasteiger partial charge in [-0.25, -0.2) is 13.6 Å². The molecule has 6 heteroatoms.